The first-order valence-electron chi connectivity index (χ1n) is 8.47. The molecule has 0 saturated heterocycles. The van der Waals surface area contributed by atoms with Gasteiger partial charge in [-0.2, -0.15) is 10.5 Å². The van der Waals surface area contributed by atoms with Gasteiger partial charge in [-0.15, -0.1) is 21.6 Å². The number of rotatable bonds is 4. The summed E-state index contributed by atoms with van der Waals surface area (Å²) in [5, 5.41) is 46.6. The number of aryl methyl sites for hydroxylation is 1. The van der Waals surface area contributed by atoms with Gasteiger partial charge in [-0.25, -0.2) is 0 Å². The van der Waals surface area contributed by atoms with Gasteiger partial charge in [-0.05, 0) is 38.2 Å². The molecule has 0 aliphatic heterocycles. The quantitative estimate of drug-likeness (QED) is 0.783. The fraction of sp³-hybridized carbons (Fsp3) is 0.389. The second kappa shape index (κ2) is 7.70. The number of azo groups is 1. The fourth-order valence-corrected chi connectivity index (χ4v) is 4.36. The van der Waals surface area contributed by atoms with E-state index in [0.29, 0.717) is 10.6 Å². The Labute approximate surface area is 159 Å². The summed E-state index contributed by atoms with van der Waals surface area (Å²) in [5.41, 5.74) is 0.877. The molecule has 9 heteroatoms. The van der Waals surface area contributed by atoms with Gasteiger partial charge in [0.1, 0.15) is 17.7 Å². The number of pyridine rings is 1. The molecule has 3 rings (SSSR count). The van der Waals surface area contributed by atoms with Crippen molar-refractivity contribution in [1.29, 1.82) is 10.5 Å². The highest BCUT2D eigenvalue weighted by Gasteiger charge is 2.22. The smallest absolute Gasteiger partial charge is 0.281 e. The number of thiophene rings is 1. The average molecular weight is 383 g/mol. The number of nitrogens with zero attached hydrogens (tertiary/aromatic N) is 5. The van der Waals surface area contributed by atoms with E-state index in [0.717, 1.165) is 40.7 Å². The Hall–Kier alpha value is -3.01. The molecule has 1 aliphatic carbocycles. The lowest BCUT2D eigenvalue weighted by molar-refractivity contribution is 0.263. The van der Waals surface area contributed by atoms with Crippen LogP contribution in [0.15, 0.2) is 15.0 Å². The number of nitriles is 2. The molecule has 2 heterocycles. The highest BCUT2D eigenvalue weighted by atomic mass is 32.1. The van der Waals surface area contributed by atoms with Gasteiger partial charge in [0.25, 0.3) is 5.56 Å². The first-order chi connectivity index (χ1) is 13.0. The lowest BCUT2D eigenvalue weighted by Gasteiger charge is -2.11. The number of aliphatic hydroxyl groups is 1. The van der Waals surface area contributed by atoms with Gasteiger partial charge < -0.3 is 10.2 Å². The lowest BCUT2D eigenvalue weighted by Crippen LogP contribution is -2.23. The Morgan fingerprint density at radius 1 is 1.19 bits per heavy atom. The van der Waals surface area contributed by atoms with Crippen LogP contribution in [0.3, 0.4) is 0 Å². The molecule has 8 nitrogen and oxygen atoms in total. The summed E-state index contributed by atoms with van der Waals surface area (Å²) in [6.07, 6.45) is 3.85. The summed E-state index contributed by atoms with van der Waals surface area (Å²) in [6.45, 7) is 0.953. The zero-order valence-electron chi connectivity index (χ0n) is 14.7. The normalized spacial score (nSPS) is 13.3. The van der Waals surface area contributed by atoms with E-state index in [4.69, 9.17) is 5.11 Å². The van der Waals surface area contributed by atoms with Crippen molar-refractivity contribution >= 4 is 22.0 Å². The van der Waals surface area contributed by atoms with Gasteiger partial charge in [-0.3, -0.25) is 9.36 Å². The van der Waals surface area contributed by atoms with E-state index in [9.17, 15) is 20.4 Å². The van der Waals surface area contributed by atoms with E-state index in [1.807, 2.05) is 6.07 Å². The molecular formula is C18H17N5O3S. The van der Waals surface area contributed by atoms with Crippen molar-refractivity contribution in [3.8, 4) is 18.0 Å². The monoisotopic (exact) mass is 383 g/mol. The van der Waals surface area contributed by atoms with Crippen LogP contribution >= 0.6 is 11.3 Å². The molecule has 0 unspecified atom stereocenters. The van der Waals surface area contributed by atoms with Crippen LogP contribution in [0.4, 0.5) is 10.7 Å². The molecule has 0 radical (unpaired) electrons. The van der Waals surface area contributed by atoms with E-state index >= 15 is 0 Å². The highest BCUT2D eigenvalue weighted by Crippen LogP contribution is 2.40. The summed E-state index contributed by atoms with van der Waals surface area (Å²) >= 11 is 1.40. The molecule has 2 aromatic rings. The molecule has 0 bridgehead atoms. The molecule has 1 aliphatic rings. The van der Waals surface area contributed by atoms with Gasteiger partial charge in [0.15, 0.2) is 10.7 Å². The van der Waals surface area contributed by atoms with Crippen LogP contribution in [0.25, 0.3) is 0 Å². The summed E-state index contributed by atoms with van der Waals surface area (Å²) in [7, 11) is 0. The van der Waals surface area contributed by atoms with Crippen LogP contribution in [0.2, 0.25) is 0 Å². The lowest BCUT2D eigenvalue weighted by atomic mass is 9.96. The van der Waals surface area contributed by atoms with Crippen molar-refractivity contribution < 1.29 is 10.2 Å². The Morgan fingerprint density at radius 2 is 1.89 bits per heavy atom. The van der Waals surface area contributed by atoms with Crippen LogP contribution in [-0.4, -0.2) is 21.4 Å². The summed E-state index contributed by atoms with van der Waals surface area (Å²) in [5.74, 6) is -0.502. The average Bonchev–Trinajstić information content (AvgIpc) is 3.03. The Morgan fingerprint density at radius 3 is 2.56 bits per heavy atom. The largest absolute Gasteiger partial charge is 0.493 e. The van der Waals surface area contributed by atoms with Crippen molar-refractivity contribution in [2.75, 3.05) is 6.61 Å². The van der Waals surface area contributed by atoms with E-state index in [1.54, 1.807) is 0 Å². The zero-order chi connectivity index (χ0) is 19.6. The molecule has 0 aromatic carbocycles. The first-order valence-corrected chi connectivity index (χ1v) is 9.28. The number of hydrogen-bond donors (Lipinski definition) is 2. The van der Waals surface area contributed by atoms with Crippen molar-refractivity contribution in [3.05, 3.63) is 37.5 Å². The van der Waals surface area contributed by atoms with E-state index in [1.165, 1.54) is 18.3 Å². The second-order valence-electron chi connectivity index (χ2n) is 6.17. The van der Waals surface area contributed by atoms with Gasteiger partial charge in [0.05, 0.1) is 18.7 Å². The highest BCUT2D eigenvalue weighted by molar-refractivity contribution is 7.16. The second-order valence-corrected chi connectivity index (χ2v) is 7.25. The summed E-state index contributed by atoms with van der Waals surface area (Å²) in [4.78, 5) is 13.7. The minimum absolute atomic E-state index is 0.0898. The van der Waals surface area contributed by atoms with Gasteiger partial charge in [-0.1, -0.05) is 0 Å². The molecule has 0 atom stereocenters. The molecule has 0 spiro atoms. The number of fused-ring (bicyclic) bond motifs is 1. The SMILES string of the molecule is Cc1c(C#N)c(O)n(CCO)c(=O)c1N=Nc1sc2c(c1C#N)CCCC2. The molecule has 0 saturated carbocycles. The maximum Gasteiger partial charge on any atom is 0.281 e. The van der Waals surface area contributed by atoms with Crippen molar-refractivity contribution in [2.24, 2.45) is 10.2 Å². The van der Waals surface area contributed by atoms with Crippen molar-refractivity contribution in [3.63, 3.8) is 0 Å². The summed E-state index contributed by atoms with van der Waals surface area (Å²) in [6, 6.07) is 4.03. The van der Waals surface area contributed by atoms with Crippen molar-refractivity contribution in [2.45, 2.75) is 39.2 Å². The van der Waals surface area contributed by atoms with Crippen LogP contribution in [0.1, 0.15) is 40.0 Å². The predicted octanol–water partition coefficient (Wildman–Crippen LogP) is 2.95. The minimum Gasteiger partial charge on any atom is -0.493 e. The molecule has 27 heavy (non-hydrogen) atoms. The standard InChI is InChI=1S/C18H17N5O3S/c1-10-12(8-19)17(25)23(6-7-24)18(26)15(10)21-22-16-13(9-20)11-4-2-3-5-14(11)27-16/h24-25H,2-7H2,1H3. The third-order valence-corrected chi connectivity index (χ3v) is 5.77. The molecule has 138 valence electrons. The maximum absolute atomic E-state index is 12.6. The third-order valence-electron chi connectivity index (χ3n) is 4.60. The molecule has 2 N–H and O–H groups in total. The Kier molecular flexibility index (Phi) is 5.36. The van der Waals surface area contributed by atoms with Gasteiger partial charge >= 0.3 is 0 Å². The molecule has 2 aromatic heterocycles. The predicted molar refractivity (Wildman–Crippen MR) is 98.8 cm³/mol. The minimum atomic E-state index is -0.651. The first kappa shape index (κ1) is 18.8. The molecule has 0 amide bonds. The van der Waals surface area contributed by atoms with E-state index in [2.05, 4.69) is 16.3 Å². The summed E-state index contributed by atoms with van der Waals surface area (Å²) < 4.78 is 0.893. The zero-order valence-corrected chi connectivity index (χ0v) is 15.5. The maximum atomic E-state index is 12.6. The molecular weight excluding hydrogens is 366 g/mol. The topological polar surface area (TPSA) is 135 Å². The third kappa shape index (κ3) is 3.23. The number of hydrogen-bond acceptors (Lipinski definition) is 8. The van der Waals surface area contributed by atoms with Crippen LogP contribution in [-0.2, 0) is 19.4 Å². The Bertz CT molecular complexity index is 1070. The van der Waals surface area contributed by atoms with E-state index in [-0.39, 0.29) is 30.0 Å². The fourth-order valence-electron chi connectivity index (χ4n) is 3.20. The van der Waals surface area contributed by atoms with Crippen LogP contribution in [0, 0.1) is 29.6 Å². The molecule has 0 fully saturated rings. The van der Waals surface area contributed by atoms with E-state index < -0.39 is 11.4 Å². The van der Waals surface area contributed by atoms with Gasteiger partial charge in [0.2, 0.25) is 5.88 Å². The number of aromatic hydroxyl groups is 1. The van der Waals surface area contributed by atoms with Crippen LogP contribution < -0.4 is 5.56 Å². The van der Waals surface area contributed by atoms with Crippen LogP contribution in [0.5, 0.6) is 5.88 Å². The van der Waals surface area contributed by atoms with Gasteiger partial charge in [0, 0.05) is 10.4 Å². The number of aliphatic hydroxyl groups excluding tert-OH is 1. The Balaban J connectivity index is 2.13. The van der Waals surface area contributed by atoms with Crippen molar-refractivity contribution in [1.82, 2.24) is 4.57 Å². The number of aromatic nitrogens is 1.